The van der Waals surface area contributed by atoms with Gasteiger partial charge in [0, 0.05) is 23.0 Å². The summed E-state index contributed by atoms with van der Waals surface area (Å²) in [4.78, 5) is 24.0. The van der Waals surface area contributed by atoms with Gasteiger partial charge in [0.15, 0.2) is 5.78 Å². The van der Waals surface area contributed by atoms with Gasteiger partial charge in [-0.15, -0.1) is 10.1 Å². The molecule has 1 aromatic heterocycles. The van der Waals surface area contributed by atoms with Crippen LogP contribution < -0.4 is 0 Å². The zero-order valence-corrected chi connectivity index (χ0v) is 10.4. The molecule has 1 heterocycles. The van der Waals surface area contributed by atoms with Crippen LogP contribution in [0.5, 0.6) is 0 Å². The van der Waals surface area contributed by atoms with E-state index in [0.717, 1.165) is 0 Å². The van der Waals surface area contributed by atoms with Gasteiger partial charge in [0.05, 0.1) is 12.9 Å². The average Bonchev–Trinajstić information content (AvgIpc) is 2.81. The van der Waals surface area contributed by atoms with Crippen LogP contribution in [0.2, 0.25) is 5.02 Å². The van der Waals surface area contributed by atoms with Crippen LogP contribution in [0.1, 0.15) is 10.4 Å². The van der Waals surface area contributed by atoms with E-state index in [2.05, 4.69) is 4.98 Å². The number of hydrogen-bond donors (Lipinski definition) is 1. The van der Waals surface area contributed by atoms with E-state index in [-0.39, 0.29) is 5.78 Å². The summed E-state index contributed by atoms with van der Waals surface area (Å²) in [6.45, 7) is 0.292. The van der Waals surface area contributed by atoms with Gasteiger partial charge in [0.25, 0.3) is 5.09 Å². The average molecular weight is 284 g/mol. The Kier molecular flexibility index (Phi) is 5.49. The lowest BCUT2D eigenvalue weighted by atomic mass is 10.1. The minimum atomic E-state index is -1.50. The van der Waals surface area contributed by atoms with E-state index in [1.54, 1.807) is 47.6 Å². The molecule has 0 unspecified atom stereocenters. The van der Waals surface area contributed by atoms with E-state index in [9.17, 15) is 4.79 Å². The smallest absolute Gasteiger partial charge is 0.291 e. The van der Waals surface area contributed by atoms with Crippen molar-refractivity contribution in [3.8, 4) is 0 Å². The van der Waals surface area contributed by atoms with Crippen LogP contribution >= 0.6 is 11.6 Å². The van der Waals surface area contributed by atoms with E-state index in [1.165, 1.54) is 0 Å². The molecule has 0 fully saturated rings. The Morgan fingerprint density at radius 2 is 2.21 bits per heavy atom. The molecule has 0 amide bonds. The zero-order chi connectivity index (χ0) is 14.3. The SMILES string of the molecule is O=C(Cn1ccnc1)c1cccc(Cl)c1.O=[N+]([O-])O. The molecule has 0 saturated heterocycles. The number of aromatic nitrogens is 2. The highest BCUT2D eigenvalue weighted by atomic mass is 35.5. The van der Waals surface area contributed by atoms with Crippen LogP contribution in [-0.4, -0.2) is 25.6 Å². The summed E-state index contributed by atoms with van der Waals surface area (Å²) < 4.78 is 1.73. The molecule has 1 aromatic carbocycles. The van der Waals surface area contributed by atoms with Crippen molar-refractivity contribution in [3.05, 3.63) is 63.7 Å². The van der Waals surface area contributed by atoms with Crippen LogP contribution in [0.15, 0.2) is 43.0 Å². The van der Waals surface area contributed by atoms with Gasteiger partial charge in [0.2, 0.25) is 0 Å². The Hall–Kier alpha value is -2.41. The van der Waals surface area contributed by atoms with Gasteiger partial charge in [-0.3, -0.25) is 4.79 Å². The van der Waals surface area contributed by atoms with Crippen molar-refractivity contribution < 1.29 is 15.1 Å². The van der Waals surface area contributed by atoms with E-state index >= 15 is 0 Å². The summed E-state index contributed by atoms with van der Waals surface area (Å²) in [6, 6.07) is 6.94. The monoisotopic (exact) mass is 283 g/mol. The molecule has 0 aliphatic rings. The Balaban J connectivity index is 0.000000399. The molecule has 0 aliphatic carbocycles. The van der Waals surface area contributed by atoms with Gasteiger partial charge < -0.3 is 9.77 Å². The molecule has 1 N–H and O–H groups in total. The molecule has 0 aliphatic heterocycles. The highest BCUT2D eigenvalue weighted by Crippen LogP contribution is 2.11. The number of carbonyl (C=O) groups excluding carboxylic acids is 1. The Morgan fingerprint density at radius 3 is 2.74 bits per heavy atom. The fourth-order valence-electron chi connectivity index (χ4n) is 1.30. The number of nitrogens with zero attached hydrogens (tertiary/aromatic N) is 3. The maximum absolute atomic E-state index is 11.8. The molecule has 7 nitrogen and oxygen atoms in total. The molecule has 8 heteroatoms. The molecular weight excluding hydrogens is 274 g/mol. The van der Waals surface area contributed by atoms with Crippen LogP contribution in [0.3, 0.4) is 0 Å². The Bertz CT molecular complexity index is 553. The number of imidazole rings is 1. The van der Waals surface area contributed by atoms with Crippen molar-refractivity contribution >= 4 is 17.4 Å². The van der Waals surface area contributed by atoms with Crippen molar-refractivity contribution in [2.24, 2.45) is 0 Å². The summed E-state index contributed by atoms with van der Waals surface area (Å²) in [5.74, 6) is 0.0236. The van der Waals surface area contributed by atoms with Gasteiger partial charge in [-0.2, -0.15) is 0 Å². The minimum absolute atomic E-state index is 0.0236. The molecule has 0 atom stereocenters. The second kappa shape index (κ2) is 7.12. The van der Waals surface area contributed by atoms with Gasteiger partial charge in [-0.05, 0) is 12.1 Å². The highest BCUT2D eigenvalue weighted by molar-refractivity contribution is 6.31. The Morgan fingerprint density at radius 1 is 1.53 bits per heavy atom. The molecule has 0 bridgehead atoms. The maximum Gasteiger partial charge on any atom is 0.291 e. The van der Waals surface area contributed by atoms with Crippen LogP contribution in [0.25, 0.3) is 0 Å². The molecule has 100 valence electrons. The van der Waals surface area contributed by atoms with Crippen molar-refractivity contribution in [2.45, 2.75) is 6.54 Å². The first-order valence-electron chi connectivity index (χ1n) is 5.07. The summed E-state index contributed by atoms with van der Waals surface area (Å²) >= 11 is 5.80. The maximum atomic E-state index is 11.8. The molecule has 0 radical (unpaired) electrons. The first kappa shape index (κ1) is 14.7. The lowest BCUT2D eigenvalue weighted by Crippen LogP contribution is -2.08. The molecule has 2 rings (SSSR count). The minimum Gasteiger partial charge on any atom is -0.330 e. The van der Waals surface area contributed by atoms with Crippen molar-refractivity contribution in [1.82, 2.24) is 9.55 Å². The number of benzene rings is 1. The fraction of sp³-hybridized carbons (Fsp3) is 0.0909. The number of ketones is 1. The van der Waals surface area contributed by atoms with Crippen LogP contribution in [0.4, 0.5) is 0 Å². The molecule has 19 heavy (non-hydrogen) atoms. The highest BCUT2D eigenvalue weighted by Gasteiger charge is 2.06. The summed E-state index contributed by atoms with van der Waals surface area (Å²) in [6.07, 6.45) is 5.01. The number of halogens is 1. The van der Waals surface area contributed by atoms with Gasteiger partial charge in [0.1, 0.15) is 0 Å². The standard InChI is InChI=1S/C11H9ClN2O.HNO3/c12-10-3-1-2-9(6-10)11(15)7-14-5-4-13-8-14;2-1(3)4/h1-6,8H,7H2;(H,2,3,4). The third-order valence-corrected chi connectivity index (χ3v) is 2.27. The third kappa shape index (κ3) is 5.64. The van der Waals surface area contributed by atoms with Crippen LogP contribution in [0, 0.1) is 10.1 Å². The topological polar surface area (TPSA) is 98.3 Å². The van der Waals surface area contributed by atoms with Crippen LogP contribution in [-0.2, 0) is 6.54 Å². The quantitative estimate of drug-likeness (QED) is 0.528. The molecule has 0 saturated carbocycles. The number of rotatable bonds is 3. The largest absolute Gasteiger partial charge is 0.330 e. The van der Waals surface area contributed by atoms with E-state index in [4.69, 9.17) is 26.9 Å². The number of hydrogen-bond acceptors (Lipinski definition) is 4. The normalized spacial score (nSPS) is 9.32. The first-order chi connectivity index (χ1) is 8.99. The molecule has 2 aromatic rings. The second-order valence-corrected chi connectivity index (χ2v) is 3.84. The fourth-order valence-corrected chi connectivity index (χ4v) is 1.49. The molecular formula is C11H10ClN3O4. The molecule has 0 spiro atoms. The lowest BCUT2D eigenvalue weighted by Gasteiger charge is -2.01. The number of carbonyl (C=O) groups is 1. The summed E-state index contributed by atoms with van der Waals surface area (Å²) in [7, 11) is 0. The predicted molar refractivity (Wildman–Crippen MR) is 66.8 cm³/mol. The van der Waals surface area contributed by atoms with Crippen molar-refractivity contribution in [1.29, 1.82) is 0 Å². The number of Topliss-reactive ketones (excluding diaryl/α,β-unsaturated/α-hetero) is 1. The predicted octanol–water partition coefficient (Wildman–Crippen LogP) is 2.07. The van der Waals surface area contributed by atoms with Gasteiger partial charge >= 0.3 is 0 Å². The third-order valence-electron chi connectivity index (χ3n) is 2.03. The summed E-state index contributed by atoms with van der Waals surface area (Å²) in [5.41, 5.74) is 0.621. The first-order valence-corrected chi connectivity index (χ1v) is 5.44. The second-order valence-electron chi connectivity index (χ2n) is 3.41. The van der Waals surface area contributed by atoms with Crippen molar-refractivity contribution in [3.63, 3.8) is 0 Å². The lowest BCUT2D eigenvalue weighted by molar-refractivity contribution is -0.742. The Labute approximate surface area is 113 Å². The van der Waals surface area contributed by atoms with Gasteiger partial charge in [-0.25, -0.2) is 4.98 Å². The van der Waals surface area contributed by atoms with E-state index in [0.29, 0.717) is 17.1 Å². The van der Waals surface area contributed by atoms with E-state index in [1.807, 2.05) is 0 Å². The van der Waals surface area contributed by atoms with Crippen molar-refractivity contribution in [2.75, 3.05) is 0 Å². The summed E-state index contributed by atoms with van der Waals surface area (Å²) in [5, 5.41) is 14.2. The van der Waals surface area contributed by atoms with Gasteiger partial charge in [-0.1, -0.05) is 23.7 Å². The van der Waals surface area contributed by atoms with E-state index < -0.39 is 5.09 Å². The zero-order valence-electron chi connectivity index (χ0n) is 9.64.